The van der Waals surface area contributed by atoms with Crippen LogP contribution in [0, 0.1) is 5.92 Å². The summed E-state index contributed by atoms with van der Waals surface area (Å²) in [6.07, 6.45) is 12.5. The Hall–Kier alpha value is -6.18. The number of aliphatic hydroxyl groups is 1. The lowest BCUT2D eigenvalue weighted by atomic mass is 9.98. The fraction of sp³-hybridized carbons (Fsp3) is 0.333. The second-order valence-corrected chi connectivity index (χ2v) is 17.1. The monoisotopic (exact) mass is 845 g/mol. The quantitative estimate of drug-likeness (QED) is 0.0795. The molecule has 5 atom stereocenters. The molecule has 12 nitrogen and oxygen atoms in total. The number of fused-ring (bicyclic) bond motifs is 1. The summed E-state index contributed by atoms with van der Waals surface area (Å²) in [5, 5.41) is 15.2. The highest BCUT2D eigenvalue weighted by atomic mass is 16.6. The van der Waals surface area contributed by atoms with Gasteiger partial charge in [-0.3, -0.25) is 14.9 Å². The van der Waals surface area contributed by atoms with E-state index in [9.17, 15) is 14.7 Å². The molecule has 0 bridgehead atoms. The van der Waals surface area contributed by atoms with Crippen molar-refractivity contribution in [3.8, 4) is 33.6 Å². The third-order valence-electron chi connectivity index (χ3n) is 12.9. The predicted molar refractivity (Wildman–Crippen MR) is 245 cm³/mol. The smallest absolute Gasteiger partial charge is 0.256 e. The van der Waals surface area contributed by atoms with Crippen LogP contribution in [-0.2, 0) is 19.1 Å². The van der Waals surface area contributed by atoms with Crippen LogP contribution in [0.1, 0.15) is 86.9 Å². The second kappa shape index (κ2) is 18.3. The molecule has 2 fully saturated rings. The van der Waals surface area contributed by atoms with Crippen molar-refractivity contribution in [2.24, 2.45) is 5.92 Å². The van der Waals surface area contributed by atoms with E-state index in [0.717, 1.165) is 99.3 Å². The number of likely N-dealkylation sites (tertiary alicyclic amines) is 2. The summed E-state index contributed by atoms with van der Waals surface area (Å²) >= 11 is 0. The lowest BCUT2D eigenvalue weighted by molar-refractivity contribution is -0.145. The summed E-state index contributed by atoms with van der Waals surface area (Å²) < 4.78 is 10.8. The maximum absolute atomic E-state index is 14.0. The Morgan fingerprint density at radius 1 is 0.714 bits per heavy atom. The number of aromatic amines is 2. The molecule has 63 heavy (non-hydrogen) atoms. The minimum absolute atomic E-state index is 0.0405. The van der Waals surface area contributed by atoms with Gasteiger partial charge in [0.1, 0.15) is 11.6 Å². The molecule has 6 aromatic rings. The number of amides is 2. The van der Waals surface area contributed by atoms with Gasteiger partial charge in [0.25, 0.3) is 5.91 Å². The van der Waals surface area contributed by atoms with Gasteiger partial charge in [-0.05, 0) is 94.3 Å². The van der Waals surface area contributed by atoms with Crippen molar-refractivity contribution in [2.45, 2.75) is 76.6 Å². The van der Waals surface area contributed by atoms with Crippen LogP contribution in [0.25, 0.3) is 50.0 Å². The zero-order valence-corrected chi connectivity index (χ0v) is 36.3. The van der Waals surface area contributed by atoms with Gasteiger partial charge in [0.2, 0.25) is 12.3 Å². The van der Waals surface area contributed by atoms with Gasteiger partial charge in [0.05, 0.1) is 41.9 Å². The molecule has 0 spiro atoms. The Labute approximate surface area is 368 Å². The molecule has 12 heteroatoms. The SMILES string of the molecule is COC(O)N[C@H](C(=O)N1CCC[C@H]1c1ncc(-c2ccc3cc(-c4ccc(-c5cnc([C@@H]6CCCN6C(=O)[C@H](OC)c6ccc(C7=CC=CC7)cc6)[nH]5)cc4)ccc3c2)[nH]1)C(C)C. The number of ether oxygens (including phenoxy) is 2. The molecule has 3 aliphatic rings. The highest BCUT2D eigenvalue weighted by Crippen LogP contribution is 2.37. The highest BCUT2D eigenvalue weighted by Gasteiger charge is 2.38. The van der Waals surface area contributed by atoms with Crippen LogP contribution in [0.15, 0.2) is 116 Å². The second-order valence-electron chi connectivity index (χ2n) is 17.1. The summed E-state index contributed by atoms with van der Waals surface area (Å²) in [5.41, 5.74) is 9.34. The zero-order valence-electron chi connectivity index (χ0n) is 36.3. The first kappa shape index (κ1) is 42.1. The minimum Gasteiger partial charge on any atom is -0.367 e. The standard InChI is InChI=1S/C51H55N7O5/c1-31(2)45(56-51(61)63-4)49(59)57-25-7-11-43(57)47-53-30-42(55-47)40-24-23-38-27-37(21-22-39(38)28-40)34-13-17-35(18-14-34)41-29-52-48(54-41)44-12-8-26-58(44)50(60)46(62-3)36-19-15-33(16-20-36)32-9-5-6-10-32/h5-6,9,13-24,27-31,43-46,51,56,61H,7-8,10-12,25-26H2,1-4H3,(H,52,54)(H,53,55)/t43-,44-,45-,46+,51?/m0/s1. The van der Waals surface area contributed by atoms with Crippen LogP contribution in [-0.4, -0.2) is 86.4 Å². The summed E-state index contributed by atoms with van der Waals surface area (Å²) in [5.74, 6) is 1.39. The molecule has 2 amide bonds. The Kier molecular flexibility index (Phi) is 12.2. The number of hydrogen-bond donors (Lipinski definition) is 4. The molecule has 4 heterocycles. The van der Waals surface area contributed by atoms with E-state index in [1.165, 1.54) is 12.7 Å². The molecule has 0 saturated carbocycles. The van der Waals surface area contributed by atoms with Crippen LogP contribution in [0.3, 0.4) is 0 Å². The number of nitrogens with zero attached hydrogens (tertiary/aromatic N) is 4. The van der Waals surface area contributed by atoms with E-state index in [2.05, 4.69) is 106 Å². The molecule has 2 aromatic heterocycles. The maximum atomic E-state index is 14.0. The number of imidazole rings is 2. The number of carbonyl (C=O) groups excluding carboxylic acids is 2. The fourth-order valence-corrected chi connectivity index (χ4v) is 9.38. The lowest BCUT2D eigenvalue weighted by Crippen LogP contribution is -2.52. The molecule has 9 rings (SSSR count). The number of allylic oxidation sites excluding steroid dienone is 4. The van der Waals surface area contributed by atoms with Gasteiger partial charge < -0.3 is 34.3 Å². The summed E-state index contributed by atoms with van der Waals surface area (Å²) in [7, 11) is 3.00. The average molecular weight is 846 g/mol. The first-order chi connectivity index (χ1) is 30.7. The minimum atomic E-state index is -1.22. The molecular formula is C51H55N7O5. The predicted octanol–water partition coefficient (Wildman–Crippen LogP) is 8.88. The summed E-state index contributed by atoms with van der Waals surface area (Å²) in [4.78, 5) is 48.0. The van der Waals surface area contributed by atoms with E-state index in [-0.39, 0.29) is 29.8 Å². The van der Waals surface area contributed by atoms with Gasteiger partial charge >= 0.3 is 0 Å². The van der Waals surface area contributed by atoms with Crippen LogP contribution in [0.2, 0.25) is 0 Å². The third kappa shape index (κ3) is 8.64. The van der Waals surface area contributed by atoms with E-state index in [4.69, 9.17) is 19.4 Å². The molecule has 1 aliphatic carbocycles. The highest BCUT2D eigenvalue weighted by molar-refractivity contribution is 5.91. The van der Waals surface area contributed by atoms with Gasteiger partial charge in [0, 0.05) is 32.9 Å². The van der Waals surface area contributed by atoms with Crippen LogP contribution >= 0.6 is 0 Å². The van der Waals surface area contributed by atoms with Crippen molar-refractivity contribution in [1.29, 1.82) is 0 Å². The molecule has 324 valence electrons. The lowest BCUT2D eigenvalue weighted by Gasteiger charge is -2.31. The van der Waals surface area contributed by atoms with E-state index in [0.29, 0.717) is 13.1 Å². The number of nitrogens with one attached hydrogen (secondary N) is 3. The number of benzene rings is 4. The van der Waals surface area contributed by atoms with E-state index >= 15 is 0 Å². The van der Waals surface area contributed by atoms with E-state index < -0.39 is 18.6 Å². The number of methoxy groups -OCH3 is 2. The molecule has 4 aromatic carbocycles. The number of carbonyl (C=O) groups is 2. The number of H-pyrrole nitrogens is 2. The topological polar surface area (TPSA) is 149 Å². The Morgan fingerprint density at radius 2 is 1.27 bits per heavy atom. The van der Waals surface area contributed by atoms with Crippen molar-refractivity contribution < 1.29 is 24.2 Å². The zero-order chi connectivity index (χ0) is 43.6. The molecule has 2 aliphatic heterocycles. The Balaban J connectivity index is 0.855. The number of aliphatic hydroxyl groups excluding tert-OH is 1. The van der Waals surface area contributed by atoms with Crippen molar-refractivity contribution >= 4 is 28.2 Å². The van der Waals surface area contributed by atoms with E-state index in [1.807, 2.05) is 48.2 Å². The third-order valence-corrected chi connectivity index (χ3v) is 12.9. The first-order valence-corrected chi connectivity index (χ1v) is 22.0. The molecule has 1 unspecified atom stereocenters. The summed E-state index contributed by atoms with van der Waals surface area (Å²) in [6, 6.07) is 28.6. The van der Waals surface area contributed by atoms with Gasteiger partial charge in [-0.25, -0.2) is 9.97 Å². The Morgan fingerprint density at radius 3 is 1.86 bits per heavy atom. The van der Waals surface area contributed by atoms with Crippen LogP contribution in [0.5, 0.6) is 0 Å². The van der Waals surface area contributed by atoms with Gasteiger partial charge in [-0.1, -0.05) is 105 Å². The molecule has 2 saturated heterocycles. The fourth-order valence-electron chi connectivity index (χ4n) is 9.38. The normalized spacial score (nSPS) is 19.0. The molecule has 4 N–H and O–H groups in total. The number of aromatic nitrogens is 4. The first-order valence-electron chi connectivity index (χ1n) is 22.0. The molecular weight excluding hydrogens is 791 g/mol. The number of rotatable bonds is 14. The maximum Gasteiger partial charge on any atom is 0.256 e. The van der Waals surface area contributed by atoms with Crippen LogP contribution in [0.4, 0.5) is 0 Å². The largest absolute Gasteiger partial charge is 0.367 e. The van der Waals surface area contributed by atoms with Crippen LogP contribution < -0.4 is 5.32 Å². The average Bonchev–Trinajstić information content (AvgIpc) is 4.17. The summed E-state index contributed by atoms with van der Waals surface area (Å²) in [6.45, 7) is 5.19. The van der Waals surface area contributed by atoms with Gasteiger partial charge in [-0.15, -0.1) is 0 Å². The Bertz CT molecular complexity index is 2650. The van der Waals surface area contributed by atoms with Crippen molar-refractivity contribution in [1.82, 2.24) is 35.1 Å². The number of hydrogen-bond acceptors (Lipinski definition) is 8. The van der Waals surface area contributed by atoms with E-state index in [1.54, 1.807) is 7.11 Å². The van der Waals surface area contributed by atoms with Crippen molar-refractivity contribution in [3.63, 3.8) is 0 Å². The van der Waals surface area contributed by atoms with Gasteiger partial charge in [-0.2, -0.15) is 0 Å². The van der Waals surface area contributed by atoms with Crippen molar-refractivity contribution in [3.05, 3.63) is 138 Å². The van der Waals surface area contributed by atoms with Crippen molar-refractivity contribution in [2.75, 3.05) is 27.3 Å². The van der Waals surface area contributed by atoms with Gasteiger partial charge in [0.15, 0.2) is 6.10 Å². The molecule has 0 radical (unpaired) electrons.